The molecule has 1 nitrogen and oxygen atoms in total. The standard InChI is InChI=1S/C20H39N/c1-16(2)7-6-12-20(15-21-18-8-9-18)13-10-17(11-14-20)19(3,4)5/h16-18,21H,6-15H2,1-5H3. The molecule has 2 saturated carbocycles. The van der Waals surface area contributed by atoms with E-state index in [1.807, 2.05) is 0 Å². The maximum absolute atomic E-state index is 3.86. The molecular formula is C20H39N. The quantitative estimate of drug-likeness (QED) is 0.626. The molecule has 0 aromatic rings. The smallest absolute Gasteiger partial charge is 0.00684 e. The summed E-state index contributed by atoms with van der Waals surface area (Å²) in [5, 5.41) is 3.86. The zero-order valence-corrected chi connectivity index (χ0v) is 15.3. The van der Waals surface area contributed by atoms with Crippen molar-refractivity contribution in [1.82, 2.24) is 5.32 Å². The topological polar surface area (TPSA) is 12.0 Å². The van der Waals surface area contributed by atoms with Gasteiger partial charge in [-0.1, -0.05) is 47.5 Å². The van der Waals surface area contributed by atoms with Gasteiger partial charge in [-0.25, -0.2) is 0 Å². The Morgan fingerprint density at radius 1 is 1.05 bits per heavy atom. The van der Waals surface area contributed by atoms with Crippen molar-refractivity contribution in [3.05, 3.63) is 0 Å². The van der Waals surface area contributed by atoms with Crippen molar-refractivity contribution in [2.24, 2.45) is 22.7 Å². The van der Waals surface area contributed by atoms with Gasteiger partial charge >= 0.3 is 0 Å². The predicted octanol–water partition coefficient (Wildman–Crippen LogP) is 5.79. The maximum Gasteiger partial charge on any atom is 0.00684 e. The fraction of sp³-hybridized carbons (Fsp3) is 1.00. The molecule has 0 aromatic heterocycles. The monoisotopic (exact) mass is 293 g/mol. The maximum atomic E-state index is 3.86. The van der Waals surface area contributed by atoms with E-state index in [-0.39, 0.29) is 0 Å². The van der Waals surface area contributed by atoms with Gasteiger partial charge < -0.3 is 5.32 Å². The second-order valence-corrected chi connectivity index (χ2v) is 9.58. The van der Waals surface area contributed by atoms with Crippen LogP contribution < -0.4 is 5.32 Å². The predicted molar refractivity (Wildman–Crippen MR) is 93.6 cm³/mol. The summed E-state index contributed by atoms with van der Waals surface area (Å²) in [5.74, 6) is 1.81. The third-order valence-corrected chi connectivity index (χ3v) is 6.10. The van der Waals surface area contributed by atoms with Crippen molar-refractivity contribution >= 4 is 0 Å². The first-order chi connectivity index (χ1) is 9.81. The van der Waals surface area contributed by atoms with Crippen LogP contribution in [0.2, 0.25) is 0 Å². The van der Waals surface area contributed by atoms with Crippen molar-refractivity contribution < 1.29 is 0 Å². The van der Waals surface area contributed by atoms with E-state index in [1.165, 1.54) is 64.3 Å². The van der Waals surface area contributed by atoms with Crippen LogP contribution in [-0.4, -0.2) is 12.6 Å². The van der Waals surface area contributed by atoms with Crippen LogP contribution in [0.15, 0.2) is 0 Å². The van der Waals surface area contributed by atoms with Crippen LogP contribution in [0.3, 0.4) is 0 Å². The number of nitrogens with one attached hydrogen (secondary N) is 1. The van der Waals surface area contributed by atoms with Gasteiger partial charge in [0.25, 0.3) is 0 Å². The minimum atomic E-state index is 0.508. The lowest BCUT2D eigenvalue weighted by Crippen LogP contribution is -2.40. The fourth-order valence-electron chi connectivity index (χ4n) is 4.14. The summed E-state index contributed by atoms with van der Waals surface area (Å²) in [4.78, 5) is 0. The Kier molecular flexibility index (Phi) is 5.79. The van der Waals surface area contributed by atoms with Gasteiger partial charge in [-0.15, -0.1) is 0 Å². The van der Waals surface area contributed by atoms with Gasteiger partial charge in [-0.05, 0) is 67.6 Å². The molecule has 1 heteroatoms. The summed E-state index contributed by atoms with van der Waals surface area (Å²) in [6, 6.07) is 0.868. The lowest BCUT2D eigenvalue weighted by atomic mass is 9.62. The molecule has 2 rings (SSSR count). The lowest BCUT2D eigenvalue weighted by molar-refractivity contribution is 0.0766. The highest BCUT2D eigenvalue weighted by molar-refractivity contribution is 4.93. The minimum Gasteiger partial charge on any atom is -0.313 e. The summed E-state index contributed by atoms with van der Waals surface area (Å²) >= 11 is 0. The highest BCUT2D eigenvalue weighted by atomic mass is 15.0. The Morgan fingerprint density at radius 3 is 2.14 bits per heavy atom. The fourth-order valence-corrected chi connectivity index (χ4v) is 4.14. The molecule has 0 saturated heterocycles. The van der Waals surface area contributed by atoms with E-state index in [9.17, 15) is 0 Å². The Morgan fingerprint density at radius 2 is 1.67 bits per heavy atom. The van der Waals surface area contributed by atoms with Gasteiger partial charge in [-0.3, -0.25) is 0 Å². The molecular weight excluding hydrogens is 254 g/mol. The van der Waals surface area contributed by atoms with Crippen LogP contribution in [0.4, 0.5) is 0 Å². The molecule has 0 aliphatic heterocycles. The molecule has 0 heterocycles. The highest BCUT2D eigenvalue weighted by Gasteiger charge is 2.39. The van der Waals surface area contributed by atoms with E-state index in [4.69, 9.17) is 0 Å². The van der Waals surface area contributed by atoms with Crippen LogP contribution in [0.1, 0.15) is 92.4 Å². The van der Waals surface area contributed by atoms with Crippen LogP contribution in [0, 0.1) is 22.7 Å². The number of rotatable bonds is 7. The highest BCUT2D eigenvalue weighted by Crippen LogP contribution is 2.47. The average molecular weight is 294 g/mol. The molecule has 0 atom stereocenters. The molecule has 0 spiro atoms. The van der Waals surface area contributed by atoms with Crippen LogP contribution in [-0.2, 0) is 0 Å². The number of hydrogen-bond acceptors (Lipinski definition) is 1. The molecule has 2 aliphatic carbocycles. The zero-order chi connectivity index (χ0) is 15.5. The molecule has 0 bridgehead atoms. The first-order valence-electron chi connectivity index (χ1n) is 9.54. The summed E-state index contributed by atoms with van der Waals surface area (Å²) in [5.41, 5.74) is 1.13. The van der Waals surface area contributed by atoms with Gasteiger partial charge in [0.1, 0.15) is 0 Å². The van der Waals surface area contributed by atoms with Crippen LogP contribution in [0.5, 0.6) is 0 Å². The van der Waals surface area contributed by atoms with Crippen molar-refractivity contribution in [2.75, 3.05) is 6.54 Å². The number of hydrogen-bond donors (Lipinski definition) is 1. The Labute approximate surface area is 133 Å². The normalized spacial score (nSPS) is 30.9. The molecule has 1 N–H and O–H groups in total. The van der Waals surface area contributed by atoms with Crippen molar-refractivity contribution in [3.63, 3.8) is 0 Å². The van der Waals surface area contributed by atoms with Gasteiger partial charge in [0.15, 0.2) is 0 Å². The van der Waals surface area contributed by atoms with Gasteiger partial charge in [0.2, 0.25) is 0 Å². The van der Waals surface area contributed by atoms with E-state index in [0.29, 0.717) is 10.8 Å². The molecule has 0 radical (unpaired) electrons. The Balaban J connectivity index is 1.86. The SMILES string of the molecule is CC(C)CCCC1(CNC2CC2)CCC(C(C)(C)C)CC1. The van der Waals surface area contributed by atoms with Crippen molar-refractivity contribution in [3.8, 4) is 0 Å². The van der Waals surface area contributed by atoms with Crippen molar-refractivity contribution in [2.45, 2.75) is 98.4 Å². The third-order valence-electron chi connectivity index (χ3n) is 6.10. The molecule has 0 unspecified atom stereocenters. The first kappa shape index (κ1) is 17.3. The Hall–Kier alpha value is -0.0400. The molecule has 2 aliphatic rings. The summed E-state index contributed by atoms with van der Waals surface area (Å²) in [6.45, 7) is 13.3. The van der Waals surface area contributed by atoms with Crippen LogP contribution >= 0.6 is 0 Å². The third kappa shape index (κ3) is 5.58. The summed E-state index contributed by atoms with van der Waals surface area (Å²) < 4.78 is 0. The van der Waals surface area contributed by atoms with E-state index in [1.54, 1.807) is 0 Å². The second-order valence-electron chi connectivity index (χ2n) is 9.58. The van der Waals surface area contributed by atoms with Crippen LogP contribution in [0.25, 0.3) is 0 Å². The Bertz CT molecular complexity index is 300. The average Bonchev–Trinajstić information content (AvgIpc) is 3.19. The molecule has 2 fully saturated rings. The largest absolute Gasteiger partial charge is 0.313 e. The van der Waals surface area contributed by atoms with Gasteiger partial charge in [-0.2, -0.15) is 0 Å². The molecule has 21 heavy (non-hydrogen) atoms. The van der Waals surface area contributed by atoms with E-state index >= 15 is 0 Å². The second kappa shape index (κ2) is 7.02. The minimum absolute atomic E-state index is 0.508. The van der Waals surface area contributed by atoms with Gasteiger partial charge in [0, 0.05) is 12.6 Å². The molecule has 0 aromatic carbocycles. The van der Waals surface area contributed by atoms with Gasteiger partial charge in [0.05, 0.1) is 0 Å². The van der Waals surface area contributed by atoms with E-state index in [0.717, 1.165) is 17.9 Å². The summed E-state index contributed by atoms with van der Waals surface area (Å²) in [7, 11) is 0. The van der Waals surface area contributed by atoms with E-state index < -0.39 is 0 Å². The molecule has 124 valence electrons. The van der Waals surface area contributed by atoms with Crippen molar-refractivity contribution in [1.29, 1.82) is 0 Å². The van der Waals surface area contributed by atoms with E-state index in [2.05, 4.69) is 39.9 Å². The zero-order valence-electron chi connectivity index (χ0n) is 15.3. The molecule has 0 amide bonds. The lowest BCUT2D eigenvalue weighted by Gasteiger charge is -2.44. The first-order valence-corrected chi connectivity index (χ1v) is 9.54. The summed E-state index contributed by atoms with van der Waals surface area (Å²) in [6.07, 6.45) is 13.0.